The summed E-state index contributed by atoms with van der Waals surface area (Å²) in [6.07, 6.45) is 7.39. The van der Waals surface area contributed by atoms with Crippen LogP contribution in [0.1, 0.15) is 43.9 Å². The van der Waals surface area contributed by atoms with E-state index in [0.717, 1.165) is 32.4 Å². The van der Waals surface area contributed by atoms with Gasteiger partial charge in [-0.05, 0) is 37.4 Å². The molecular formula is C17H24BrN3. The van der Waals surface area contributed by atoms with Gasteiger partial charge in [0.25, 0.3) is 0 Å². The quantitative estimate of drug-likeness (QED) is 0.768. The van der Waals surface area contributed by atoms with Gasteiger partial charge in [0.2, 0.25) is 0 Å². The van der Waals surface area contributed by atoms with Crippen LogP contribution in [0.3, 0.4) is 0 Å². The zero-order chi connectivity index (χ0) is 15.1. The summed E-state index contributed by atoms with van der Waals surface area (Å²) in [6.45, 7) is 6.38. The van der Waals surface area contributed by atoms with E-state index in [9.17, 15) is 0 Å². The molecule has 1 N–H and O–H groups in total. The minimum Gasteiger partial charge on any atom is -0.310 e. The van der Waals surface area contributed by atoms with Crippen molar-refractivity contribution in [3.05, 3.63) is 52.3 Å². The number of aromatic nitrogens is 2. The van der Waals surface area contributed by atoms with Crippen molar-refractivity contribution >= 4 is 15.9 Å². The van der Waals surface area contributed by atoms with Gasteiger partial charge in [-0.15, -0.1) is 0 Å². The molecule has 1 unspecified atom stereocenters. The molecule has 4 heteroatoms. The van der Waals surface area contributed by atoms with Gasteiger partial charge < -0.3 is 5.32 Å². The van der Waals surface area contributed by atoms with Crippen LogP contribution in [-0.4, -0.2) is 16.3 Å². The summed E-state index contributed by atoms with van der Waals surface area (Å²) in [4.78, 5) is 0. The van der Waals surface area contributed by atoms with E-state index in [4.69, 9.17) is 0 Å². The molecule has 1 atom stereocenters. The van der Waals surface area contributed by atoms with Gasteiger partial charge in [0.05, 0.1) is 6.20 Å². The second-order valence-electron chi connectivity index (χ2n) is 5.34. The van der Waals surface area contributed by atoms with Crippen LogP contribution in [0.2, 0.25) is 0 Å². The lowest BCUT2D eigenvalue weighted by Crippen LogP contribution is -2.24. The van der Waals surface area contributed by atoms with Gasteiger partial charge in [0.15, 0.2) is 0 Å². The fourth-order valence-electron chi connectivity index (χ4n) is 2.42. The number of hydrogen-bond donors (Lipinski definition) is 1. The topological polar surface area (TPSA) is 29.9 Å². The predicted molar refractivity (Wildman–Crippen MR) is 91.4 cm³/mol. The number of hydrogen-bond acceptors (Lipinski definition) is 2. The van der Waals surface area contributed by atoms with Crippen LogP contribution in [0.4, 0.5) is 0 Å². The third-order valence-electron chi connectivity index (χ3n) is 3.53. The van der Waals surface area contributed by atoms with E-state index in [2.05, 4.69) is 70.7 Å². The maximum absolute atomic E-state index is 4.46. The largest absolute Gasteiger partial charge is 0.310 e. The van der Waals surface area contributed by atoms with Crippen molar-refractivity contribution in [3.63, 3.8) is 0 Å². The summed E-state index contributed by atoms with van der Waals surface area (Å²) in [5.74, 6) is 0. The van der Waals surface area contributed by atoms with Crippen LogP contribution in [0.5, 0.6) is 0 Å². The molecule has 0 bridgehead atoms. The van der Waals surface area contributed by atoms with Crippen LogP contribution in [0.15, 0.2) is 41.1 Å². The lowest BCUT2D eigenvalue weighted by molar-refractivity contribution is 0.526. The summed E-state index contributed by atoms with van der Waals surface area (Å²) in [5, 5.41) is 8.11. The molecule has 114 valence electrons. The standard InChI is InChI=1S/C17H24BrN3/c1-3-9-19-17(11-14-7-5-6-8-16(14)18)15-12-20-21(13-15)10-4-2/h5-8,12-13,17,19H,3-4,9-11H2,1-2H3. The normalized spacial score (nSPS) is 12.5. The zero-order valence-corrected chi connectivity index (χ0v) is 14.4. The molecule has 0 saturated heterocycles. The molecule has 0 amide bonds. The van der Waals surface area contributed by atoms with Crippen molar-refractivity contribution in [1.82, 2.24) is 15.1 Å². The molecule has 21 heavy (non-hydrogen) atoms. The number of nitrogens with zero attached hydrogens (tertiary/aromatic N) is 2. The fraction of sp³-hybridized carbons (Fsp3) is 0.471. The number of nitrogens with one attached hydrogen (secondary N) is 1. The molecule has 0 aliphatic heterocycles. The second-order valence-corrected chi connectivity index (χ2v) is 6.19. The van der Waals surface area contributed by atoms with Gasteiger partial charge in [-0.1, -0.05) is 48.0 Å². The molecule has 1 aromatic carbocycles. The van der Waals surface area contributed by atoms with E-state index in [-0.39, 0.29) is 0 Å². The second kappa shape index (κ2) is 8.35. The molecule has 3 nitrogen and oxygen atoms in total. The van der Waals surface area contributed by atoms with Crippen molar-refractivity contribution in [2.45, 2.75) is 45.7 Å². The minimum absolute atomic E-state index is 0.314. The Balaban J connectivity index is 2.15. The molecule has 0 radical (unpaired) electrons. The van der Waals surface area contributed by atoms with Crippen LogP contribution in [0, 0.1) is 0 Å². The van der Waals surface area contributed by atoms with Crippen LogP contribution < -0.4 is 5.32 Å². The summed E-state index contributed by atoms with van der Waals surface area (Å²) in [6, 6.07) is 8.75. The van der Waals surface area contributed by atoms with Crippen molar-refractivity contribution < 1.29 is 0 Å². The van der Waals surface area contributed by atoms with Gasteiger partial charge in [0.1, 0.15) is 0 Å². The van der Waals surface area contributed by atoms with Gasteiger partial charge in [-0.2, -0.15) is 5.10 Å². The average Bonchev–Trinajstić information content (AvgIpc) is 2.94. The monoisotopic (exact) mass is 349 g/mol. The SMILES string of the molecule is CCCNC(Cc1ccccc1Br)c1cnn(CCC)c1. The van der Waals surface area contributed by atoms with E-state index < -0.39 is 0 Å². The van der Waals surface area contributed by atoms with Gasteiger partial charge in [0, 0.05) is 28.8 Å². The Kier molecular flexibility index (Phi) is 6.46. The first kappa shape index (κ1) is 16.2. The molecule has 0 fully saturated rings. The Bertz CT molecular complexity index is 550. The molecule has 0 spiro atoms. The van der Waals surface area contributed by atoms with Gasteiger partial charge in [-0.25, -0.2) is 0 Å². The maximum Gasteiger partial charge on any atom is 0.0537 e. The Morgan fingerprint density at radius 3 is 2.76 bits per heavy atom. The van der Waals surface area contributed by atoms with Crippen molar-refractivity contribution in [1.29, 1.82) is 0 Å². The van der Waals surface area contributed by atoms with Crippen LogP contribution in [-0.2, 0) is 13.0 Å². The maximum atomic E-state index is 4.46. The molecule has 2 aromatic rings. The van der Waals surface area contributed by atoms with Crippen molar-refractivity contribution in [3.8, 4) is 0 Å². The Hall–Kier alpha value is -1.13. The Morgan fingerprint density at radius 1 is 1.24 bits per heavy atom. The lowest BCUT2D eigenvalue weighted by atomic mass is 10.0. The molecule has 2 rings (SSSR count). The summed E-state index contributed by atoms with van der Waals surface area (Å²) < 4.78 is 3.21. The smallest absolute Gasteiger partial charge is 0.0537 e. The third kappa shape index (κ3) is 4.68. The number of halogens is 1. The van der Waals surface area contributed by atoms with Crippen LogP contribution in [0.25, 0.3) is 0 Å². The third-order valence-corrected chi connectivity index (χ3v) is 4.30. The first-order chi connectivity index (χ1) is 10.2. The highest BCUT2D eigenvalue weighted by Crippen LogP contribution is 2.23. The van der Waals surface area contributed by atoms with Crippen LogP contribution >= 0.6 is 15.9 Å². The van der Waals surface area contributed by atoms with Crippen molar-refractivity contribution in [2.24, 2.45) is 0 Å². The van der Waals surface area contributed by atoms with Gasteiger partial charge in [-0.3, -0.25) is 4.68 Å². The Morgan fingerprint density at radius 2 is 2.05 bits per heavy atom. The first-order valence-corrected chi connectivity index (χ1v) is 8.53. The van der Waals surface area contributed by atoms with E-state index in [1.807, 2.05) is 10.9 Å². The molecule has 0 aliphatic carbocycles. The highest BCUT2D eigenvalue weighted by atomic mass is 79.9. The van der Waals surface area contributed by atoms with Gasteiger partial charge >= 0.3 is 0 Å². The first-order valence-electron chi connectivity index (χ1n) is 7.73. The van der Waals surface area contributed by atoms with Crippen molar-refractivity contribution in [2.75, 3.05) is 6.54 Å². The molecule has 1 heterocycles. The fourth-order valence-corrected chi connectivity index (χ4v) is 2.87. The number of aryl methyl sites for hydroxylation is 1. The number of benzene rings is 1. The summed E-state index contributed by atoms with van der Waals surface area (Å²) in [5.41, 5.74) is 2.60. The highest BCUT2D eigenvalue weighted by Gasteiger charge is 2.15. The number of rotatable bonds is 8. The highest BCUT2D eigenvalue weighted by molar-refractivity contribution is 9.10. The molecule has 0 saturated carbocycles. The zero-order valence-electron chi connectivity index (χ0n) is 12.8. The lowest BCUT2D eigenvalue weighted by Gasteiger charge is -2.18. The summed E-state index contributed by atoms with van der Waals surface area (Å²) >= 11 is 3.65. The summed E-state index contributed by atoms with van der Waals surface area (Å²) in [7, 11) is 0. The van der Waals surface area contributed by atoms with E-state index in [0.29, 0.717) is 6.04 Å². The molecule has 0 aliphatic rings. The van der Waals surface area contributed by atoms with E-state index in [1.165, 1.54) is 15.6 Å². The molecule has 1 aromatic heterocycles. The predicted octanol–water partition coefficient (Wildman–Crippen LogP) is 4.34. The molecular weight excluding hydrogens is 326 g/mol. The average molecular weight is 350 g/mol. The van der Waals surface area contributed by atoms with E-state index >= 15 is 0 Å². The van der Waals surface area contributed by atoms with E-state index in [1.54, 1.807) is 0 Å². The minimum atomic E-state index is 0.314. The Labute approximate surface area is 135 Å².